The van der Waals surface area contributed by atoms with Gasteiger partial charge in [0.1, 0.15) is 16.9 Å². The molecular formula is C10H12ClN3O3S. The lowest BCUT2D eigenvalue weighted by atomic mass is 10.2. The molecule has 1 aromatic heterocycles. The van der Waals surface area contributed by atoms with Crippen LogP contribution in [-0.4, -0.2) is 45.0 Å². The van der Waals surface area contributed by atoms with Crippen LogP contribution in [0, 0.1) is 0 Å². The van der Waals surface area contributed by atoms with Crippen LogP contribution in [0.2, 0.25) is 5.15 Å². The number of thioether (sulfide) groups is 1. The normalized spacial score (nSPS) is 11.9. The van der Waals surface area contributed by atoms with E-state index in [0.717, 1.165) is 0 Å². The van der Waals surface area contributed by atoms with Crippen molar-refractivity contribution in [2.75, 3.05) is 12.0 Å². The van der Waals surface area contributed by atoms with Crippen molar-refractivity contribution in [3.8, 4) is 0 Å². The van der Waals surface area contributed by atoms with Gasteiger partial charge in [-0.2, -0.15) is 11.8 Å². The van der Waals surface area contributed by atoms with Gasteiger partial charge in [0.25, 0.3) is 5.91 Å². The number of carboxylic acid groups (broad SMARTS) is 1. The van der Waals surface area contributed by atoms with E-state index in [1.807, 2.05) is 6.26 Å². The highest BCUT2D eigenvalue weighted by Gasteiger charge is 2.20. The molecule has 0 aliphatic carbocycles. The zero-order valence-electron chi connectivity index (χ0n) is 9.59. The SMILES string of the molecule is CSCC[C@@H](NC(=O)c1cnc(Cl)cn1)C(=O)O. The molecule has 8 heteroatoms. The molecule has 1 heterocycles. The molecule has 6 nitrogen and oxygen atoms in total. The van der Waals surface area contributed by atoms with Crippen molar-refractivity contribution in [1.29, 1.82) is 0 Å². The van der Waals surface area contributed by atoms with Gasteiger partial charge in [0.15, 0.2) is 0 Å². The van der Waals surface area contributed by atoms with E-state index in [1.54, 1.807) is 0 Å². The molecule has 1 amide bonds. The summed E-state index contributed by atoms with van der Waals surface area (Å²) in [5.41, 5.74) is 0.0369. The van der Waals surface area contributed by atoms with Crippen molar-refractivity contribution in [3.63, 3.8) is 0 Å². The second-order valence-corrected chi connectivity index (χ2v) is 4.74. The number of carbonyl (C=O) groups excluding carboxylic acids is 1. The van der Waals surface area contributed by atoms with E-state index in [1.165, 1.54) is 24.2 Å². The van der Waals surface area contributed by atoms with Crippen molar-refractivity contribution < 1.29 is 14.7 Å². The minimum atomic E-state index is -1.07. The Kier molecular flexibility index (Phi) is 5.87. The molecule has 0 radical (unpaired) electrons. The summed E-state index contributed by atoms with van der Waals surface area (Å²) in [5.74, 6) is -1.00. The van der Waals surface area contributed by atoms with Crippen molar-refractivity contribution in [1.82, 2.24) is 15.3 Å². The van der Waals surface area contributed by atoms with Gasteiger partial charge in [-0.25, -0.2) is 14.8 Å². The molecule has 1 aromatic rings. The summed E-state index contributed by atoms with van der Waals surface area (Å²) in [5, 5.41) is 11.5. The number of amides is 1. The van der Waals surface area contributed by atoms with Crippen LogP contribution in [0.4, 0.5) is 0 Å². The van der Waals surface area contributed by atoms with E-state index in [4.69, 9.17) is 16.7 Å². The zero-order valence-corrected chi connectivity index (χ0v) is 11.2. The van der Waals surface area contributed by atoms with Crippen molar-refractivity contribution in [2.45, 2.75) is 12.5 Å². The van der Waals surface area contributed by atoms with Crippen LogP contribution in [0.15, 0.2) is 12.4 Å². The molecule has 0 aromatic carbocycles. The topological polar surface area (TPSA) is 92.2 Å². The average Bonchev–Trinajstić information content (AvgIpc) is 2.34. The number of rotatable bonds is 6. The predicted molar refractivity (Wildman–Crippen MR) is 68.9 cm³/mol. The summed E-state index contributed by atoms with van der Waals surface area (Å²) < 4.78 is 0. The maximum absolute atomic E-state index is 11.7. The average molecular weight is 290 g/mol. The van der Waals surface area contributed by atoms with E-state index in [9.17, 15) is 9.59 Å². The molecule has 98 valence electrons. The van der Waals surface area contributed by atoms with Gasteiger partial charge in [0.2, 0.25) is 0 Å². The van der Waals surface area contributed by atoms with E-state index < -0.39 is 17.9 Å². The molecule has 18 heavy (non-hydrogen) atoms. The van der Waals surface area contributed by atoms with Gasteiger partial charge in [0.05, 0.1) is 12.4 Å². The highest BCUT2D eigenvalue weighted by atomic mass is 35.5. The zero-order chi connectivity index (χ0) is 13.5. The summed E-state index contributed by atoms with van der Waals surface area (Å²) in [7, 11) is 0. The van der Waals surface area contributed by atoms with E-state index >= 15 is 0 Å². The number of hydrogen-bond donors (Lipinski definition) is 2. The smallest absolute Gasteiger partial charge is 0.326 e. The number of hydrogen-bond acceptors (Lipinski definition) is 5. The molecule has 1 atom stereocenters. The Morgan fingerprint density at radius 1 is 1.50 bits per heavy atom. The van der Waals surface area contributed by atoms with Crippen LogP contribution in [-0.2, 0) is 4.79 Å². The fourth-order valence-electron chi connectivity index (χ4n) is 1.15. The molecule has 0 saturated carbocycles. The molecule has 2 N–H and O–H groups in total. The molecule has 0 spiro atoms. The molecule has 0 saturated heterocycles. The maximum Gasteiger partial charge on any atom is 0.326 e. The Balaban J connectivity index is 2.66. The van der Waals surface area contributed by atoms with Crippen LogP contribution in [0.25, 0.3) is 0 Å². The van der Waals surface area contributed by atoms with E-state index in [-0.39, 0.29) is 10.8 Å². The van der Waals surface area contributed by atoms with Gasteiger partial charge in [-0.15, -0.1) is 0 Å². The predicted octanol–water partition coefficient (Wildman–Crippen LogP) is 1.07. The van der Waals surface area contributed by atoms with Crippen LogP contribution in [0.3, 0.4) is 0 Å². The second kappa shape index (κ2) is 7.17. The van der Waals surface area contributed by atoms with Gasteiger partial charge in [0, 0.05) is 0 Å². The lowest BCUT2D eigenvalue weighted by Crippen LogP contribution is -2.41. The highest BCUT2D eigenvalue weighted by molar-refractivity contribution is 7.98. The molecular weight excluding hydrogens is 278 g/mol. The van der Waals surface area contributed by atoms with Gasteiger partial charge in [-0.3, -0.25) is 4.79 Å². The summed E-state index contributed by atoms with van der Waals surface area (Å²) >= 11 is 7.05. The number of nitrogens with one attached hydrogen (secondary N) is 1. The summed E-state index contributed by atoms with van der Waals surface area (Å²) in [6, 6.07) is -0.928. The Bertz CT molecular complexity index is 427. The van der Waals surface area contributed by atoms with Crippen LogP contribution in [0.5, 0.6) is 0 Å². The van der Waals surface area contributed by atoms with Gasteiger partial charge in [-0.1, -0.05) is 11.6 Å². The van der Waals surface area contributed by atoms with Crippen molar-refractivity contribution in [2.24, 2.45) is 0 Å². The summed E-state index contributed by atoms with van der Waals surface area (Å²) in [4.78, 5) is 30.1. The standard InChI is InChI=1S/C10H12ClN3O3S/c1-18-3-2-6(10(16)17)14-9(15)7-4-13-8(11)5-12-7/h4-6H,2-3H2,1H3,(H,14,15)(H,16,17)/t6-/m1/s1. The first-order valence-corrected chi connectivity index (χ1v) is 6.82. The largest absolute Gasteiger partial charge is 0.480 e. The third-order valence-electron chi connectivity index (χ3n) is 2.07. The number of aromatic nitrogens is 2. The van der Waals surface area contributed by atoms with Gasteiger partial charge >= 0.3 is 5.97 Å². The highest BCUT2D eigenvalue weighted by Crippen LogP contribution is 2.04. The minimum Gasteiger partial charge on any atom is -0.480 e. The number of aliphatic carboxylic acids is 1. The molecule has 0 unspecified atom stereocenters. The monoisotopic (exact) mass is 289 g/mol. The quantitative estimate of drug-likeness (QED) is 0.814. The fraction of sp³-hybridized carbons (Fsp3) is 0.400. The Morgan fingerprint density at radius 3 is 2.72 bits per heavy atom. The summed E-state index contributed by atoms with van der Waals surface area (Å²) in [6.07, 6.45) is 4.65. The second-order valence-electron chi connectivity index (χ2n) is 3.37. The van der Waals surface area contributed by atoms with Crippen molar-refractivity contribution in [3.05, 3.63) is 23.2 Å². The Morgan fingerprint density at radius 2 is 2.22 bits per heavy atom. The third kappa shape index (κ3) is 4.50. The first-order chi connectivity index (χ1) is 8.54. The number of carboxylic acids is 1. The van der Waals surface area contributed by atoms with Crippen LogP contribution < -0.4 is 5.32 Å². The lowest BCUT2D eigenvalue weighted by Gasteiger charge is -2.13. The summed E-state index contributed by atoms with van der Waals surface area (Å²) in [6.45, 7) is 0. The molecule has 0 fully saturated rings. The molecule has 0 aliphatic rings. The fourth-order valence-corrected chi connectivity index (χ4v) is 1.72. The van der Waals surface area contributed by atoms with E-state index in [0.29, 0.717) is 12.2 Å². The number of carbonyl (C=O) groups is 2. The Hall–Kier alpha value is -1.34. The van der Waals surface area contributed by atoms with Crippen LogP contribution >= 0.6 is 23.4 Å². The van der Waals surface area contributed by atoms with Crippen molar-refractivity contribution >= 4 is 35.2 Å². The third-order valence-corrected chi connectivity index (χ3v) is 2.91. The first-order valence-electron chi connectivity index (χ1n) is 5.04. The first kappa shape index (κ1) is 14.7. The van der Waals surface area contributed by atoms with Gasteiger partial charge in [-0.05, 0) is 18.4 Å². The van der Waals surface area contributed by atoms with Gasteiger partial charge < -0.3 is 10.4 Å². The Labute approximate surface area is 113 Å². The molecule has 0 bridgehead atoms. The number of nitrogens with zero attached hydrogens (tertiary/aromatic N) is 2. The molecule has 1 rings (SSSR count). The van der Waals surface area contributed by atoms with E-state index in [2.05, 4.69) is 15.3 Å². The lowest BCUT2D eigenvalue weighted by molar-refractivity contribution is -0.139. The molecule has 0 aliphatic heterocycles. The maximum atomic E-state index is 11.7. The minimum absolute atomic E-state index is 0.0369. The van der Waals surface area contributed by atoms with Crippen LogP contribution in [0.1, 0.15) is 16.9 Å². The number of halogens is 1.